The second kappa shape index (κ2) is 5.70. The quantitative estimate of drug-likeness (QED) is 0.596. The van der Waals surface area contributed by atoms with Crippen molar-refractivity contribution in [2.75, 3.05) is 39.4 Å². The highest BCUT2D eigenvalue weighted by atomic mass is 16.5. The molecule has 2 aliphatic heterocycles. The van der Waals surface area contributed by atoms with Gasteiger partial charge in [0.05, 0.1) is 38.0 Å². The Morgan fingerprint density at radius 1 is 0.933 bits per heavy atom. The Bertz CT molecular complexity index is 236. The molecule has 84 valence electrons. The van der Waals surface area contributed by atoms with Crippen LogP contribution in [0.25, 0.3) is 0 Å². The van der Waals surface area contributed by atoms with Crippen LogP contribution in [0.4, 0.5) is 0 Å². The van der Waals surface area contributed by atoms with E-state index < -0.39 is 0 Å². The molecule has 2 N–H and O–H groups in total. The van der Waals surface area contributed by atoms with Crippen LogP contribution in [-0.4, -0.2) is 51.1 Å². The highest BCUT2D eigenvalue weighted by molar-refractivity contribution is 5.84. The van der Waals surface area contributed by atoms with Gasteiger partial charge in [0.2, 0.25) is 0 Å². The third-order valence-electron chi connectivity index (χ3n) is 2.45. The van der Waals surface area contributed by atoms with Crippen LogP contribution in [0, 0.1) is 0 Å². The molecule has 0 radical (unpaired) electrons. The van der Waals surface area contributed by atoms with E-state index in [0.717, 1.165) is 63.9 Å². The van der Waals surface area contributed by atoms with Crippen molar-refractivity contribution in [2.24, 2.45) is 9.98 Å². The first-order chi connectivity index (χ1) is 7.45. The Labute approximate surface area is 90.0 Å². The molecule has 0 fully saturated rings. The van der Waals surface area contributed by atoms with Gasteiger partial charge in [-0.1, -0.05) is 0 Å². The average molecular weight is 210 g/mol. The molecule has 0 unspecified atom stereocenters. The molecule has 0 aromatic heterocycles. The first-order valence-corrected chi connectivity index (χ1v) is 5.57. The molecule has 2 heterocycles. The van der Waals surface area contributed by atoms with Gasteiger partial charge in [0.1, 0.15) is 0 Å². The molecule has 0 aliphatic carbocycles. The van der Waals surface area contributed by atoms with E-state index in [1.807, 2.05) is 0 Å². The van der Waals surface area contributed by atoms with Gasteiger partial charge in [-0.05, 0) is 0 Å². The number of amidine groups is 2. The van der Waals surface area contributed by atoms with Gasteiger partial charge in [-0.25, -0.2) is 0 Å². The van der Waals surface area contributed by atoms with Gasteiger partial charge < -0.3 is 15.4 Å². The molecular formula is C10H18N4O. The summed E-state index contributed by atoms with van der Waals surface area (Å²) in [5, 5.41) is 6.45. The lowest BCUT2D eigenvalue weighted by molar-refractivity contribution is 0.147. The van der Waals surface area contributed by atoms with E-state index >= 15 is 0 Å². The fourth-order valence-corrected chi connectivity index (χ4v) is 1.67. The maximum atomic E-state index is 5.52. The molecule has 0 aromatic rings. The standard InChI is InChI=1S/C10H18N4O/c1(9-11-3-4-12-9)7-15-8-2-10-13-5-6-14-10/h1-8H2,(H,11,12)(H,13,14). The predicted octanol–water partition coefficient (Wildman–Crippen LogP) is -0.213. The number of nitrogens with one attached hydrogen (secondary N) is 2. The maximum absolute atomic E-state index is 5.52. The van der Waals surface area contributed by atoms with Crippen molar-refractivity contribution in [1.29, 1.82) is 0 Å². The molecule has 2 aliphatic rings. The first kappa shape index (κ1) is 10.4. The number of nitrogens with zero attached hydrogens (tertiary/aromatic N) is 2. The molecule has 5 nitrogen and oxygen atoms in total. The van der Waals surface area contributed by atoms with Crippen molar-refractivity contribution < 1.29 is 4.74 Å². The summed E-state index contributed by atoms with van der Waals surface area (Å²) in [5.74, 6) is 2.18. The Morgan fingerprint density at radius 3 is 1.87 bits per heavy atom. The van der Waals surface area contributed by atoms with E-state index in [2.05, 4.69) is 20.6 Å². The lowest BCUT2D eigenvalue weighted by atomic mass is 10.4. The molecule has 0 spiro atoms. The van der Waals surface area contributed by atoms with Gasteiger partial charge in [-0.3, -0.25) is 9.98 Å². The zero-order valence-corrected chi connectivity index (χ0v) is 8.96. The van der Waals surface area contributed by atoms with Crippen LogP contribution in [-0.2, 0) is 4.74 Å². The summed E-state index contributed by atoms with van der Waals surface area (Å²) >= 11 is 0. The van der Waals surface area contributed by atoms with Gasteiger partial charge in [0.25, 0.3) is 0 Å². The molecule has 0 saturated heterocycles. The van der Waals surface area contributed by atoms with Gasteiger partial charge in [-0.15, -0.1) is 0 Å². The molecule has 15 heavy (non-hydrogen) atoms. The number of hydrogen-bond donors (Lipinski definition) is 2. The zero-order chi connectivity index (χ0) is 10.3. The Morgan fingerprint density at radius 2 is 1.47 bits per heavy atom. The van der Waals surface area contributed by atoms with Gasteiger partial charge >= 0.3 is 0 Å². The van der Waals surface area contributed by atoms with Gasteiger partial charge in [-0.2, -0.15) is 0 Å². The molecule has 0 aromatic carbocycles. The largest absolute Gasteiger partial charge is 0.381 e. The summed E-state index contributed by atoms with van der Waals surface area (Å²) in [6, 6.07) is 0. The van der Waals surface area contributed by atoms with Crippen LogP contribution in [0.15, 0.2) is 9.98 Å². The number of hydrogen-bond acceptors (Lipinski definition) is 5. The summed E-state index contributed by atoms with van der Waals surface area (Å²) < 4.78 is 5.52. The van der Waals surface area contributed by atoms with Crippen molar-refractivity contribution in [3.63, 3.8) is 0 Å². The fourth-order valence-electron chi connectivity index (χ4n) is 1.67. The van der Waals surface area contributed by atoms with Crippen molar-refractivity contribution in [3.8, 4) is 0 Å². The lowest BCUT2D eigenvalue weighted by Gasteiger charge is -2.05. The molecule has 2 rings (SSSR count). The van der Waals surface area contributed by atoms with Crippen molar-refractivity contribution in [1.82, 2.24) is 10.6 Å². The highest BCUT2D eigenvalue weighted by Crippen LogP contribution is 1.95. The van der Waals surface area contributed by atoms with E-state index in [9.17, 15) is 0 Å². The normalized spacial score (nSPS) is 19.5. The minimum atomic E-state index is 0.749. The van der Waals surface area contributed by atoms with Crippen LogP contribution in [0.5, 0.6) is 0 Å². The smallest absolute Gasteiger partial charge is 0.0987 e. The second-order valence-electron chi connectivity index (χ2n) is 3.62. The van der Waals surface area contributed by atoms with E-state index in [4.69, 9.17) is 4.74 Å². The molecule has 0 atom stereocenters. The zero-order valence-electron chi connectivity index (χ0n) is 8.96. The summed E-state index contributed by atoms with van der Waals surface area (Å²) in [6.07, 6.45) is 1.81. The lowest BCUT2D eigenvalue weighted by Crippen LogP contribution is -2.22. The summed E-state index contributed by atoms with van der Waals surface area (Å²) in [6.45, 7) is 5.29. The SMILES string of the molecule is C1CNC(CCOCCC2=NCCN2)=N1. The van der Waals surface area contributed by atoms with Crippen LogP contribution in [0.2, 0.25) is 0 Å². The van der Waals surface area contributed by atoms with E-state index in [1.54, 1.807) is 0 Å². The van der Waals surface area contributed by atoms with Crippen molar-refractivity contribution >= 4 is 11.7 Å². The van der Waals surface area contributed by atoms with Crippen LogP contribution in [0.1, 0.15) is 12.8 Å². The molecular weight excluding hydrogens is 192 g/mol. The van der Waals surface area contributed by atoms with Gasteiger partial charge in [0, 0.05) is 25.9 Å². The van der Waals surface area contributed by atoms with E-state index in [-0.39, 0.29) is 0 Å². The van der Waals surface area contributed by atoms with Crippen molar-refractivity contribution in [2.45, 2.75) is 12.8 Å². The van der Waals surface area contributed by atoms with Crippen LogP contribution < -0.4 is 10.6 Å². The Balaban J connectivity index is 1.48. The number of ether oxygens (including phenoxy) is 1. The fraction of sp³-hybridized carbons (Fsp3) is 0.800. The monoisotopic (exact) mass is 210 g/mol. The maximum Gasteiger partial charge on any atom is 0.0987 e. The summed E-state index contributed by atoms with van der Waals surface area (Å²) in [7, 11) is 0. The topological polar surface area (TPSA) is 58.0 Å². The summed E-state index contributed by atoms with van der Waals surface area (Å²) in [4.78, 5) is 8.60. The molecule has 0 bridgehead atoms. The highest BCUT2D eigenvalue weighted by Gasteiger charge is 2.06. The summed E-state index contributed by atoms with van der Waals surface area (Å²) in [5.41, 5.74) is 0. The predicted molar refractivity (Wildman–Crippen MR) is 60.7 cm³/mol. The molecule has 0 saturated carbocycles. The van der Waals surface area contributed by atoms with Gasteiger partial charge in [0.15, 0.2) is 0 Å². The molecule has 0 amide bonds. The first-order valence-electron chi connectivity index (χ1n) is 5.57. The third kappa shape index (κ3) is 3.51. The minimum Gasteiger partial charge on any atom is -0.381 e. The van der Waals surface area contributed by atoms with E-state index in [0.29, 0.717) is 0 Å². The number of rotatable bonds is 6. The third-order valence-corrected chi connectivity index (χ3v) is 2.45. The minimum absolute atomic E-state index is 0.749. The Kier molecular flexibility index (Phi) is 3.96. The van der Waals surface area contributed by atoms with Crippen LogP contribution >= 0.6 is 0 Å². The number of aliphatic imine (C=N–C) groups is 2. The van der Waals surface area contributed by atoms with Crippen molar-refractivity contribution in [3.05, 3.63) is 0 Å². The second-order valence-corrected chi connectivity index (χ2v) is 3.62. The Hall–Kier alpha value is -1.10. The molecule has 5 heteroatoms. The average Bonchev–Trinajstić information content (AvgIpc) is 2.88. The van der Waals surface area contributed by atoms with E-state index in [1.165, 1.54) is 0 Å². The van der Waals surface area contributed by atoms with Crippen LogP contribution in [0.3, 0.4) is 0 Å².